The molecule has 0 atom stereocenters. The summed E-state index contributed by atoms with van der Waals surface area (Å²) >= 11 is 1.73. The highest BCUT2D eigenvalue weighted by molar-refractivity contribution is 7.17. The zero-order chi connectivity index (χ0) is 11.5. The SMILES string of the molecule is Cc1c(CCNC(=O)O)ccc2sccc12. The van der Waals surface area contributed by atoms with Crippen molar-refractivity contribution < 1.29 is 9.90 Å². The summed E-state index contributed by atoms with van der Waals surface area (Å²) in [6.07, 6.45) is -0.224. The molecule has 0 aliphatic rings. The monoisotopic (exact) mass is 235 g/mol. The minimum atomic E-state index is -0.964. The van der Waals surface area contributed by atoms with E-state index in [1.807, 2.05) is 0 Å². The highest BCUT2D eigenvalue weighted by Gasteiger charge is 2.04. The number of hydrogen-bond acceptors (Lipinski definition) is 2. The second-order valence-corrected chi connectivity index (χ2v) is 4.61. The summed E-state index contributed by atoms with van der Waals surface area (Å²) in [5, 5.41) is 14.2. The maximum atomic E-state index is 10.3. The van der Waals surface area contributed by atoms with Crippen LogP contribution in [0.2, 0.25) is 0 Å². The highest BCUT2D eigenvalue weighted by atomic mass is 32.1. The van der Waals surface area contributed by atoms with Crippen molar-refractivity contribution in [3.8, 4) is 0 Å². The molecule has 0 unspecified atom stereocenters. The first kappa shape index (κ1) is 11.0. The maximum absolute atomic E-state index is 10.3. The lowest BCUT2D eigenvalue weighted by molar-refractivity contribution is 0.194. The summed E-state index contributed by atoms with van der Waals surface area (Å²) in [5.74, 6) is 0. The molecule has 4 heteroatoms. The summed E-state index contributed by atoms with van der Waals surface area (Å²) < 4.78 is 1.28. The van der Waals surface area contributed by atoms with Crippen LogP contribution >= 0.6 is 11.3 Å². The van der Waals surface area contributed by atoms with Crippen LogP contribution in [0.3, 0.4) is 0 Å². The van der Waals surface area contributed by atoms with Crippen LogP contribution in [0, 0.1) is 6.92 Å². The van der Waals surface area contributed by atoms with Crippen molar-refractivity contribution in [2.75, 3.05) is 6.54 Å². The summed E-state index contributed by atoms with van der Waals surface area (Å²) in [7, 11) is 0. The van der Waals surface area contributed by atoms with Gasteiger partial charge in [-0.15, -0.1) is 11.3 Å². The van der Waals surface area contributed by atoms with E-state index in [1.54, 1.807) is 11.3 Å². The van der Waals surface area contributed by atoms with Crippen molar-refractivity contribution in [3.05, 3.63) is 34.7 Å². The van der Waals surface area contributed by atoms with Crippen molar-refractivity contribution in [1.29, 1.82) is 0 Å². The molecular formula is C12H13NO2S. The van der Waals surface area contributed by atoms with Crippen molar-refractivity contribution >= 4 is 27.5 Å². The van der Waals surface area contributed by atoms with Gasteiger partial charge in [-0.2, -0.15) is 0 Å². The van der Waals surface area contributed by atoms with E-state index in [0.717, 1.165) is 6.42 Å². The molecule has 2 N–H and O–H groups in total. The van der Waals surface area contributed by atoms with E-state index < -0.39 is 6.09 Å². The summed E-state index contributed by atoms with van der Waals surface area (Å²) in [5.41, 5.74) is 2.46. The average molecular weight is 235 g/mol. The zero-order valence-electron chi connectivity index (χ0n) is 8.99. The standard InChI is InChI=1S/C12H13NO2S/c1-8-9(4-6-13-12(14)15)2-3-11-10(8)5-7-16-11/h2-3,5,7,13H,4,6H2,1H3,(H,14,15). The predicted octanol–water partition coefficient (Wildman–Crippen LogP) is 3.02. The van der Waals surface area contributed by atoms with Crippen LogP contribution in [-0.4, -0.2) is 17.7 Å². The van der Waals surface area contributed by atoms with Gasteiger partial charge in [-0.3, -0.25) is 0 Å². The van der Waals surface area contributed by atoms with Crippen LogP contribution in [0.25, 0.3) is 10.1 Å². The van der Waals surface area contributed by atoms with Crippen LogP contribution < -0.4 is 5.32 Å². The number of carboxylic acid groups (broad SMARTS) is 1. The number of rotatable bonds is 3. The van der Waals surface area contributed by atoms with Crippen molar-refractivity contribution in [2.45, 2.75) is 13.3 Å². The Morgan fingerprint density at radius 2 is 2.25 bits per heavy atom. The number of carbonyl (C=O) groups is 1. The third kappa shape index (κ3) is 2.17. The van der Waals surface area contributed by atoms with Gasteiger partial charge in [0.25, 0.3) is 0 Å². The smallest absolute Gasteiger partial charge is 0.404 e. The van der Waals surface area contributed by atoms with Gasteiger partial charge in [0.15, 0.2) is 0 Å². The van der Waals surface area contributed by atoms with Crippen LogP contribution in [0.15, 0.2) is 23.6 Å². The van der Waals surface area contributed by atoms with E-state index in [0.29, 0.717) is 6.54 Å². The Labute approximate surface area is 97.7 Å². The van der Waals surface area contributed by atoms with Gasteiger partial charge in [-0.25, -0.2) is 4.79 Å². The maximum Gasteiger partial charge on any atom is 0.404 e. The van der Waals surface area contributed by atoms with Crippen LogP contribution in [-0.2, 0) is 6.42 Å². The van der Waals surface area contributed by atoms with Crippen LogP contribution in [0.4, 0.5) is 4.79 Å². The van der Waals surface area contributed by atoms with E-state index in [2.05, 4.69) is 35.8 Å². The second kappa shape index (κ2) is 4.53. The Hall–Kier alpha value is -1.55. The number of aryl methyl sites for hydroxylation is 1. The molecule has 0 spiro atoms. The number of amides is 1. The molecular weight excluding hydrogens is 222 g/mol. The van der Waals surface area contributed by atoms with Crippen molar-refractivity contribution in [1.82, 2.24) is 5.32 Å². The normalized spacial score (nSPS) is 10.6. The lowest BCUT2D eigenvalue weighted by Gasteiger charge is -2.06. The fourth-order valence-corrected chi connectivity index (χ4v) is 2.65. The Morgan fingerprint density at radius 1 is 1.44 bits per heavy atom. The van der Waals surface area contributed by atoms with Gasteiger partial charge in [0.2, 0.25) is 0 Å². The molecule has 84 valence electrons. The lowest BCUT2D eigenvalue weighted by atomic mass is 10.0. The number of fused-ring (bicyclic) bond motifs is 1. The molecule has 1 aromatic carbocycles. The fraction of sp³-hybridized carbons (Fsp3) is 0.250. The van der Waals surface area contributed by atoms with Gasteiger partial charge >= 0.3 is 6.09 Å². The van der Waals surface area contributed by atoms with Crippen LogP contribution in [0.1, 0.15) is 11.1 Å². The molecule has 0 aliphatic carbocycles. The average Bonchev–Trinajstić information content (AvgIpc) is 2.69. The predicted molar refractivity (Wildman–Crippen MR) is 66.3 cm³/mol. The van der Waals surface area contributed by atoms with Gasteiger partial charge in [-0.05, 0) is 47.4 Å². The van der Waals surface area contributed by atoms with Crippen LogP contribution in [0.5, 0.6) is 0 Å². The van der Waals surface area contributed by atoms with Gasteiger partial charge in [-0.1, -0.05) is 6.07 Å². The lowest BCUT2D eigenvalue weighted by Crippen LogP contribution is -2.23. The van der Waals surface area contributed by atoms with E-state index in [1.165, 1.54) is 21.2 Å². The van der Waals surface area contributed by atoms with Gasteiger partial charge in [0.1, 0.15) is 0 Å². The number of hydrogen-bond donors (Lipinski definition) is 2. The number of thiophene rings is 1. The molecule has 2 rings (SSSR count). The first-order chi connectivity index (χ1) is 7.68. The van der Waals surface area contributed by atoms with Gasteiger partial charge in [0.05, 0.1) is 0 Å². The third-order valence-electron chi connectivity index (χ3n) is 2.69. The Morgan fingerprint density at radius 3 is 3.00 bits per heavy atom. The summed E-state index contributed by atoms with van der Waals surface area (Å²) in [4.78, 5) is 10.3. The topological polar surface area (TPSA) is 49.3 Å². The minimum Gasteiger partial charge on any atom is -0.465 e. The number of benzene rings is 1. The number of nitrogens with one attached hydrogen (secondary N) is 1. The van der Waals surface area contributed by atoms with Gasteiger partial charge in [0, 0.05) is 11.2 Å². The Kier molecular flexibility index (Phi) is 3.10. The largest absolute Gasteiger partial charge is 0.465 e. The molecule has 2 aromatic rings. The molecule has 0 saturated heterocycles. The molecule has 1 aromatic heterocycles. The molecule has 0 saturated carbocycles. The molecule has 3 nitrogen and oxygen atoms in total. The van der Waals surface area contributed by atoms with E-state index in [9.17, 15) is 4.79 Å². The molecule has 16 heavy (non-hydrogen) atoms. The van der Waals surface area contributed by atoms with E-state index >= 15 is 0 Å². The van der Waals surface area contributed by atoms with Crippen molar-refractivity contribution in [2.24, 2.45) is 0 Å². The molecule has 0 radical (unpaired) electrons. The Balaban J connectivity index is 2.17. The Bertz CT molecular complexity index is 519. The van der Waals surface area contributed by atoms with E-state index in [-0.39, 0.29) is 0 Å². The molecule has 0 fully saturated rings. The fourth-order valence-electron chi connectivity index (χ4n) is 1.81. The van der Waals surface area contributed by atoms with Crippen molar-refractivity contribution in [3.63, 3.8) is 0 Å². The zero-order valence-corrected chi connectivity index (χ0v) is 9.80. The molecule has 0 bridgehead atoms. The highest BCUT2D eigenvalue weighted by Crippen LogP contribution is 2.26. The van der Waals surface area contributed by atoms with E-state index in [4.69, 9.17) is 5.11 Å². The minimum absolute atomic E-state index is 0.464. The van der Waals surface area contributed by atoms with Gasteiger partial charge < -0.3 is 10.4 Å². The quantitative estimate of drug-likeness (QED) is 0.859. The molecule has 1 heterocycles. The first-order valence-corrected chi connectivity index (χ1v) is 5.99. The third-order valence-corrected chi connectivity index (χ3v) is 3.57. The molecule has 0 aliphatic heterocycles. The molecule has 1 amide bonds. The second-order valence-electron chi connectivity index (χ2n) is 3.66. The first-order valence-electron chi connectivity index (χ1n) is 5.11. The summed E-state index contributed by atoms with van der Waals surface area (Å²) in [6.45, 7) is 2.55. The summed E-state index contributed by atoms with van der Waals surface area (Å²) in [6, 6.07) is 6.30.